The Morgan fingerprint density at radius 3 is 2.47 bits per heavy atom. The van der Waals surface area contributed by atoms with Crippen LogP contribution in [-0.4, -0.2) is 4.98 Å². The van der Waals surface area contributed by atoms with Gasteiger partial charge in [0.1, 0.15) is 0 Å². The number of azo groups is 1. The van der Waals surface area contributed by atoms with Gasteiger partial charge in [0.2, 0.25) is 0 Å². The van der Waals surface area contributed by atoms with E-state index in [4.69, 9.17) is 0 Å². The SMILES string of the molecule is FC(F)(F)c1cccc(N=NCc2ccncc2)c1. The number of aromatic nitrogens is 1. The Morgan fingerprint density at radius 1 is 1.05 bits per heavy atom. The summed E-state index contributed by atoms with van der Waals surface area (Å²) in [6, 6.07) is 8.29. The molecule has 98 valence electrons. The molecule has 0 aliphatic rings. The summed E-state index contributed by atoms with van der Waals surface area (Å²) in [5, 5.41) is 7.65. The minimum atomic E-state index is -4.36. The largest absolute Gasteiger partial charge is 0.416 e. The lowest BCUT2D eigenvalue weighted by molar-refractivity contribution is -0.137. The van der Waals surface area contributed by atoms with E-state index in [1.165, 1.54) is 12.1 Å². The van der Waals surface area contributed by atoms with E-state index in [-0.39, 0.29) is 5.69 Å². The zero-order valence-electron chi connectivity index (χ0n) is 9.80. The van der Waals surface area contributed by atoms with Gasteiger partial charge in [-0.25, -0.2) is 0 Å². The Morgan fingerprint density at radius 2 is 1.79 bits per heavy atom. The molecule has 0 aliphatic carbocycles. The smallest absolute Gasteiger partial charge is 0.265 e. The molecule has 1 heterocycles. The molecule has 0 saturated heterocycles. The van der Waals surface area contributed by atoms with Crippen LogP contribution in [0.5, 0.6) is 0 Å². The van der Waals surface area contributed by atoms with E-state index in [2.05, 4.69) is 15.2 Å². The van der Waals surface area contributed by atoms with Crippen molar-refractivity contribution in [3.05, 3.63) is 59.9 Å². The summed E-state index contributed by atoms with van der Waals surface area (Å²) in [6.07, 6.45) is -1.12. The third kappa shape index (κ3) is 3.87. The van der Waals surface area contributed by atoms with E-state index < -0.39 is 11.7 Å². The summed E-state index contributed by atoms with van der Waals surface area (Å²) in [6.45, 7) is 0.304. The highest BCUT2D eigenvalue weighted by molar-refractivity contribution is 5.40. The van der Waals surface area contributed by atoms with Crippen molar-refractivity contribution in [2.24, 2.45) is 10.2 Å². The van der Waals surface area contributed by atoms with Crippen molar-refractivity contribution >= 4 is 5.69 Å². The lowest BCUT2D eigenvalue weighted by Crippen LogP contribution is -2.03. The second-order valence-corrected chi connectivity index (χ2v) is 3.80. The highest BCUT2D eigenvalue weighted by atomic mass is 19.4. The normalized spacial score (nSPS) is 11.9. The zero-order chi connectivity index (χ0) is 13.7. The average Bonchev–Trinajstić information content (AvgIpc) is 2.39. The van der Waals surface area contributed by atoms with Crippen LogP contribution in [0.15, 0.2) is 59.0 Å². The number of hydrogen-bond acceptors (Lipinski definition) is 3. The molecule has 6 heteroatoms. The molecule has 0 amide bonds. The molecular formula is C13H10F3N3. The third-order valence-corrected chi connectivity index (χ3v) is 2.36. The number of benzene rings is 1. The summed E-state index contributed by atoms with van der Waals surface area (Å²) in [5.74, 6) is 0. The Hall–Kier alpha value is -2.24. The number of hydrogen-bond donors (Lipinski definition) is 0. The fourth-order valence-corrected chi connectivity index (χ4v) is 1.43. The first kappa shape index (κ1) is 13.2. The predicted molar refractivity (Wildman–Crippen MR) is 63.9 cm³/mol. The molecule has 0 radical (unpaired) electrons. The molecule has 1 aromatic heterocycles. The van der Waals surface area contributed by atoms with Gasteiger partial charge in [-0.3, -0.25) is 4.98 Å². The standard InChI is InChI=1S/C13H10F3N3/c14-13(15,16)11-2-1-3-12(8-11)19-18-9-10-4-6-17-7-5-10/h1-8H,9H2. The van der Waals surface area contributed by atoms with Crippen LogP contribution < -0.4 is 0 Å². The molecule has 0 saturated carbocycles. The summed E-state index contributed by atoms with van der Waals surface area (Å²) in [7, 11) is 0. The minimum absolute atomic E-state index is 0.184. The first-order valence-electron chi connectivity index (χ1n) is 5.49. The topological polar surface area (TPSA) is 37.6 Å². The van der Waals surface area contributed by atoms with Gasteiger partial charge in [0.15, 0.2) is 0 Å². The molecule has 0 atom stereocenters. The molecule has 3 nitrogen and oxygen atoms in total. The van der Waals surface area contributed by atoms with Gasteiger partial charge in [-0.1, -0.05) is 6.07 Å². The molecule has 0 fully saturated rings. The number of alkyl halides is 3. The Labute approximate surface area is 107 Å². The molecule has 0 aliphatic heterocycles. The average molecular weight is 265 g/mol. The van der Waals surface area contributed by atoms with Crippen molar-refractivity contribution < 1.29 is 13.2 Å². The number of halogens is 3. The quantitative estimate of drug-likeness (QED) is 0.758. The molecule has 0 unspecified atom stereocenters. The van der Waals surface area contributed by atoms with Gasteiger partial charge in [0, 0.05) is 12.4 Å². The molecule has 19 heavy (non-hydrogen) atoms. The van der Waals surface area contributed by atoms with E-state index in [9.17, 15) is 13.2 Å². The maximum Gasteiger partial charge on any atom is 0.416 e. The Balaban J connectivity index is 2.07. The van der Waals surface area contributed by atoms with Gasteiger partial charge < -0.3 is 0 Å². The number of nitrogens with zero attached hydrogens (tertiary/aromatic N) is 3. The van der Waals surface area contributed by atoms with Crippen LogP contribution in [0.1, 0.15) is 11.1 Å². The van der Waals surface area contributed by atoms with Crippen LogP contribution in [0.3, 0.4) is 0 Å². The lowest BCUT2D eigenvalue weighted by Gasteiger charge is -2.05. The fraction of sp³-hybridized carbons (Fsp3) is 0.154. The second-order valence-electron chi connectivity index (χ2n) is 3.80. The fourth-order valence-electron chi connectivity index (χ4n) is 1.43. The van der Waals surface area contributed by atoms with Gasteiger partial charge >= 0.3 is 6.18 Å². The summed E-state index contributed by atoms with van der Waals surface area (Å²) in [4.78, 5) is 3.85. The van der Waals surface area contributed by atoms with E-state index in [1.807, 2.05) is 0 Å². The van der Waals surface area contributed by atoms with E-state index in [0.717, 1.165) is 17.7 Å². The van der Waals surface area contributed by atoms with Gasteiger partial charge in [-0.05, 0) is 35.9 Å². The first-order valence-corrected chi connectivity index (χ1v) is 5.49. The first-order chi connectivity index (χ1) is 9.05. The van der Waals surface area contributed by atoms with Crippen molar-refractivity contribution in [3.63, 3.8) is 0 Å². The molecule has 1 aromatic carbocycles. The van der Waals surface area contributed by atoms with Crippen LogP contribution in [-0.2, 0) is 12.7 Å². The monoisotopic (exact) mass is 265 g/mol. The summed E-state index contributed by atoms with van der Waals surface area (Å²) < 4.78 is 37.4. The highest BCUT2D eigenvalue weighted by Crippen LogP contribution is 2.31. The van der Waals surface area contributed by atoms with E-state index in [1.54, 1.807) is 24.5 Å². The lowest BCUT2D eigenvalue weighted by atomic mass is 10.2. The van der Waals surface area contributed by atoms with Crippen LogP contribution in [0, 0.1) is 0 Å². The second kappa shape index (κ2) is 5.60. The molecule has 0 N–H and O–H groups in total. The molecule has 2 aromatic rings. The van der Waals surface area contributed by atoms with Gasteiger partial charge in [0.05, 0.1) is 17.8 Å². The number of pyridine rings is 1. The highest BCUT2D eigenvalue weighted by Gasteiger charge is 2.30. The van der Waals surface area contributed by atoms with Crippen molar-refractivity contribution in [3.8, 4) is 0 Å². The van der Waals surface area contributed by atoms with Crippen molar-refractivity contribution in [1.29, 1.82) is 0 Å². The third-order valence-electron chi connectivity index (χ3n) is 2.36. The minimum Gasteiger partial charge on any atom is -0.265 e. The van der Waals surface area contributed by atoms with Crippen LogP contribution in [0.25, 0.3) is 0 Å². The van der Waals surface area contributed by atoms with Crippen molar-refractivity contribution in [2.75, 3.05) is 0 Å². The van der Waals surface area contributed by atoms with E-state index >= 15 is 0 Å². The van der Waals surface area contributed by atoms with Crippen molar-refractivity contribution in [2.45, 2.75) is 12.7 Å². The zero-order valence-corrected chi connectivity index (χ0v) is 9.80. The van der Waals surface area contributed by atoms with Crippen molar-refractivity contribution in [1.82, 2.24) is 4.98 Å². The van der Waals surface area contributed by atoms with Crippen LogP contribution in [0.4, 0.5) is 18.9 Å². The molecular weight excluding hydrogens is 255 g/mol. The maximum atomic E-state index is 12.5. The van der Waals surface area contributed by atoms with Gasteiger partial charge in [-0.15, -0.1) is 0 Å². The van der Waals surface area contributed by atoms with Gasteiger partial charge in [0.25, 0.3) is 0 Å². The van der Waals surface area contributed by atoms with E-state index in [0.29, 0.717) is 6.54 Å². The van der Waals surface area contributed by atoms with Gasteiger partial charge in [-0.2, -0.15) is 23.4 Å². The Bertz CT molecular complexity index is 565. The van der Waals surface area contributed by atoms with Crippen LogP contribution in [0.2, 0.25) is 0 Å². The predicted octanol–water partition coefficient (Wildman–Crippen LogP) is 4.38. The molecule has 2 rings (SSSR count). The van der Waals surface area contributed by atoms with Crippen LogP contribution >= 0.6 is 0 Å². The Kier molecular flexibility index (Phi) is 3.89. The molecule has 0 spiro atoms. The summed E-state index contributed by atoms with van der Waals surface area (Å²) >= 11 is 0. The summed E-state index contributed by atoms with van der Waals surface area (Å²) in [5.41, 5.74) is 0.350. The molecule has 0 bridgehead atoms. The maximum absolute atomic E-state index is 12.5. The number of rotatable bonds is 3.